The number of ether oxygens (including phenoxy) is 1. The fourth-order valence-electron chi connectivity index (χ4n) is 2.85. The first kappa shape index (κ1) is 21.4. The van der Waals surface area contributed by atoms with Gasteiger partial charge in [-0.2, -0.15) is 9.78 Å². The Hall–Kier alpha value is -3.33. The highest BCUT2D eigenvalue weighted by atomic mass is 79.9. The van der Waals surface area contributed by atoms with Crippen molar-refractivity contribution < 1.29 is 9.66 Å². The second kappa shape index (κ2) is 9.45. The highest BCUT2D eigenvalue weighted by Gasteiger charge is 2.13. The van der Waals surface area contributed by atoms with Crippen LogP contribution >= 0.6 is 15.9 Å². The molecule has 0 unspecified atom stereocenters. The molecule has 0 radical (unpaired) electrons. The number of benzene rings is 2. The van der Waals surface area contributed by atoms with Crippen LogP contribution < -0.4 is 10.3 Å². The number of nitrogens with zero attached hydrogens (tertiary/aromatic N) is 4. The van der Waals surface area contributed by atoms with Crippen LogP contribution in [0, 0.1) is 10.1 Å². The number of aryl methyl sites for hydroxylation is 1. The number of nitro benzene ring substituents is 1. The van der Waals surface area contributed by atoms with E-state index in [2.05, 4.69) is 32.6 Å². The molecule has 154 valence electrons. The maximum Gasteiger partial charge on any atom is 0.282 e. The van der Waals surface area contributed by atoms with Gasteiger partial charge in [0.15, 0.2) is 0 Å². The van der Waals surface area contributed by atoms with Crippen LogP contribution in [-0.2, 0) is 6.42 Å². The van der Waals surface area contributed by atoms with Gasteiger partial charge in [-0.25, -0.2) is 4.98 Å². The van der Waals surface area contributed by atoms with E-state index >= 15 is 0 Å². The molecular formula is C21H19BrN4O4. The molecule has 9 heteroatoms. The largest absolute Gasteiger partial charge is 0.489 e. The average molecular weight is 471 g/mol. The SMILES string of the molecule is C=CCOc1ccc([N+](=O)[O-])cc1C=Nn1c(CCC)nc2ccc(Br)cc2c1=O. The molecule has 30 heavy (non-hydrogen) atoms. The van der Waals surface area contributed by atoms with Gasteiger partial charge in [-0.05, 0) is 30.7 Å². The Morgan fingerprint density at radius 3 is 2.83 bits per heavy atom. The predicted octanol–water partition coefficient (Wildman–Crippen LogP) is 4.47. The van der Waals surface area contributed by atoms with E-state index in [4.69, 9.17) is 4.74 Å². The Balaban J connectivity index is 2.15. The van der Waals surface area contributed by atoms with Crippen molar-refractivity contribution in [1.82, 2.24) is 9.66 Å². The lowest BCUT2D eigenvalue weighted by Crippen LogP contribution is -2.22. The normalized spacial score (nSPS) is 11.1. The number of nitro groups is 1. The topological polar surface area (TPSA) is 99.6 Å². The lowest BCUT2D eigenvalue weighted by atomic mass is 10.2. The molecule has 0 saturated carbocycles. The molecule has 0 fully saturated rings. The minimum Gasteiger partial charge on any atom is -0.489 e. The smallest absolute Gasteiger partial charge is 0.282 e. The maximum atomic E-state index is 13.1. The fourth-order valence-corrected chi connectivity index (χ4v) is 3.21. The quantitative estimate of drug-likeness (QED) is 0.209. The predicted molar refractivity (Wildman–Crippen MR) is 119 cm³/mol. The van der Waals surface area contributed by atoms with Crippen LogP contribution in [0.25, 0.3) is 10.9 Å². The number of aromatic nitrogens is 2. The molecule has 3 aromatic rings. The van der Waals surface area contributed by atoms with Crippen molar-refractivity contribution in [3.8, 4) is 5.75 Å². The van der Waals surface area contributed by atoms with E-state index in [9.17, 15) is 14.9 Å². The van der Waals surface area contributed by atoms with E-state index in [1.54, 1.807) is 18.2 Å². The second-order valence-electron chi connectivity index (χ2n) is 6.38. The highest BCUT2D eigenvalue weighted by molar-refractivity contribution is 9.10. The summed E-state index contributed by atoms with van der Waals surface area (Å²) < 4.78 is 7.55. The molecule has 0 aliphatic heterocycles. The van der Waals surface area contributed by atoms with E-state index in [1.807, 2.05) is 13.0 Å². The molecule has 0 aliphatic carbocycles. The molecular weight excluding hydrogens is 452 g/mol. The first-order valence-electron chi connectivity index (χ1n) is 9.22. The molecule has 1 heterocycles. The van der Waals surface area contributed by atoms with Crippen molar-refractivity contribution in [3.05, 3.63) is 85.4 Å². The summed E-state index contributed by atoms with van der Waals surface area (Å²) in [5.74, 6) is 0.901. The monoisotopic (exact) mass is 470 g/mol. The van der Waals surface area contributed by atoms with Gasteiger partial charge in [0.05, 0.1) is 22.0 Å². The van der Waals surface area contributed by atoms with Gasteiger partial charge in [0.1, 0.15) is 18.2 Å². The summed E-state index contributed by atoms with van der Waals surface area (Å²) in [6, 6.07) is 9.48. The molecule has 0 spiro atoms. The molecule has 3 rings (SSSR count). The Labute approximate surface area is 180 Å². The minimum atomic E-state index is -0.502. The van der Waals surface area contributed by atoms with Crippen molar-refractivity contribution >= 4 is 38.7 Å². The highest BCUT2D eigenvalue weighted by Crippen LogP contribution is 2.23. The number of halogens is 1. The average Bonchev–Trinajstić information content (AvgIpc) is 2.73. The zero-order chi connectivity index (χ0) is 21.7. The maximum absolute atomic E-state index is 13.1. The summed E-state index contributed by atoms with van der Waals surface area (Å²) in [6.45, 7) is 5.81. The first-order chi connectivity index (χ1) is 14.4. The van der Waals surface area contributed by atoms with E-state index in [1.165, 1.54) is 29.1 Å². The van der Waals surface area contributed by atoms with Gasteiger partial charge in [-0.15, -0.1) is 0 Å². The Bertz CT molecular complexity index is 1200. The number of rotatable bonds is 8. The van der Waals surface area contributed by atoms with Crippen molar-refractivity contribution in [3.63, 3.8) is 0 Å². The first-order valence-corrected chi connectivity index (χ1v) is 10.0. The van der Waals surface area contributed by atoms with Crippen LogP contribution in [0.1, 0.15) is 24.7 Å². The third-order valence-corrected chi connectivity index (χ3v) is 4.72. The van der Waals surface area contributed by atoms with Crippen LogP contribution in [0.3, 0.4) is 0 Å². The minimum absolute atomic E-state index is 0.107. The molecule has 0 bridgehead atoms. The van der Waals surface area contributed by atoms with Gasteiger partial charge >= 0.3 is 0 Å². The third kappa shape index (κ3) is 4.62. The molecule has 8 nitrogen and oxygen atoms in total. The van der Waals surface area contributed by atoms with Gasteiger partial charge in [-0.3, -0.25) is 14.9 Å². The molecule has 1 aromatic heterocycles. The van der Waals surface area contributed by atoms with E-state index in [-0.39, 0.29) is 17.9 Å². The van der Waals surface area contributed by atoms with Crippen LogP contribution in [-0.4, -0.2) is 27.4 Å². The van der Waals surface area contributed by atoms with Gasteiger partial charge in [-0.1, -0.05) is 35.5 Å². The van der Waals surface area contributed by atoms with Gasteiger partial charge in [0.25, 0.3) is 11.2 Å². The summed E-state index contributed by atoms with van der Waals surface area (Å²) in [5.41, 5.74) is 0.530. The number of fused-ring (bicyclic) bond motifs is 1. The van der Waals surface area contributed by atoms with Crippen LogP contribution in [0.5, 0.6) is 5.75 Å². The lowest BCUT2D eigenvalue weighted by molar-refractivity contribution is -0.384. The Kier molecular flexibility index (Phi) is 6.73. The molecule has 0 N–H and O–H groups in total. The summed E-state index contributed by atoms with van der Waals surface area (Å²) in [6.07, 6.45) is 4.26. The van der Waals surface area contributed by atoms with Crippen LogP contribution in [0.4, 0.5) is 5.69 Å². The standard InChI is InChI=1S/C21H19BrN4O4/c1-3-5-20-24-18-8-6-15(22)12-17(18)21(27)25(20)23-13-14-11-16(26(28)29)7-9-19(14)30-10-4-2/h4,6-9,11-13H,2-3,5,10H2,1H3. The second-order valence-corrected chi connectivity index (χ2v) is 7.30. The zero-order valence-electron chi connectivity index (χ0n) is 16.2. The zero-order valence-corrected chi connectivity index (χ0v) is 17.8. The van der Waals surface area contributed by atoms with Crippen molar-refractivity contribution in [2.24, 2.45) is 5.10 Å². The Morgan fingerprint density at radius 1 is 1.33 bits per heavy atom. The molecule has 0 amide bonds. The molecule has 0 saturated heterocycles. The van der Waals surface area contributed by atoms with Crippen LogP contribution in [0.2, 0.25) is 0 Å². The van der Waals surface area contributed by atoms with E-state index in [0.29, 0.717) is 34.5 Å². The summed E-state index contributed by atoms with van der Waals surface area (Å²) in [7, 11) is 0. The Morgan fingerprint density at radius 2 is 2.13 bits per heavy atom. The third-order valence-electron chi connectivity index (χ3n) is 4.22. The molecule has 0 aliphatic rings. The van der Waals surface area contributed by atoms with Crippen molar-refractivity contribution in [2.75, 3.05) is 6.61 Å². The van der Waals surface area contributed by atoms with E-state index < -0.39 is 4.92 Å². The summed E-state index contributed by atoms with van der Waals surface area (Å²) in [4.78, 5) is 28.3. The van der Waals surface area contributed by atoms with Crippen molar-refractivity contribution in [1.29, 1.82) is 0 Å². The summed E-state index contributed by atoms with van der Waals surface area (Å²) in [5, 5.41) is 15.9. The van der Waals surface area contributed by atoms with Gasteiger partial charge < -0.3 is 4.74 Å². The summed E-state index contributed by atoms with van der Waals surface area (Å²) >= 11 is 3.37. The molecule has 2 aromatic carbocycles. The number of non-ortho nitro benzene ring substituents is 1. The number of hydrogen-bond acceptors (Lipinski definition) is 6. The van der Waals surface area contributed by atoms with Crippen molar-refractivity contribution in [2.45, 2.75) is 19.8 Å². The lowest BCUT2D eigenvalue weighted by Gasteiger charge is -2.10. The van der Waals surface area contributed by atoms with Crippen LogP contribution in [0.15, 0.2) is 63.4 Å². The molecule has 0 atom stereocenters. The van der Waals surface area contributed by atoms with E-state index in [0.717, 1.165) is 10.9 Å². The number of hydrogen-bond donors (Lipinski definition) is 0. The fraction of sp³-hybridized carbons (Fsp3) is 0.190. The van der Waals surface area contributed by atoms with Gasteiger partial charge in [0.2, 0.25) is 0 Å². The van der Waals surface area contributed by atoms with Gasteiger partial charge in [0, 0.05) is 28.6 Å².